The number of hydrogen-bond donors (Lipinski definition) is 1. The Bertz CT molecular complexity index is 506. The zero-order valence-electron chi connectivity index (χ0n) is 19.9. The molecule has 0 bridgehead atoms. The zero-order valence-corrected chi connectivity index (χ0v) is 19.9. The van der Waals surface area contributed by atoms with Crippen molar-refractivity contribution >= 4 is 11.9 Å². The monoisotopic (exact) mass is 400 g/mol. The molecule has 5 nitrogen and oxygen atoms in total. The van der Waals surface area contributed by atoms with E-state index >= 15 is 0 Å². The van der Waals surface area contributed by atoms with Crippen LogP contribution in [-0.4, -0.2) is 36.4 Å². The number of aliphatic hydroxyl groups is 1. The van der Waals surface area contributed by atoms with E-state index in [-0.39, 0.29) is 36.0 Å². The first-order valence-corrected chi connectivity index (χ1v) is 10.4. The number of rotatable bonds is 10. The third kappa shape index (κ3) is 11.0. The van der Waals surface area contributed by atoms with Crippen molar-refractivity contribution in [3.63, 3.8) is 0 Å². The summed E-state index contributed by atoms with van der Waals surface area (Å²) >= 11 is 0. The van der Waals surface area contributed by atoms with Gasteiger partial charge in [-0.1, -0.05) is 41.5 Å². The average Bonchev–Trinajstić information content (AvgIpc) is 2.53. The molecule has 166 valence electrons. The molecule has 0 aromatic heterocycles. The molecule has 0 spiro atoms. The number of ether oxygens (including phenoxy) is 2. The molecule has 5 heteroatoms. The fourth-order valence-corrected chi connectivity index (χ4v) is 2.38. The van der Waals surface area contributed by atoms with Crippen LogP contribution >= 0.6 is 0 Å². The first-order valence-electron chi connectivity index (χ1n) is 10.4. The molecule has 0 fully saturated rings. The van der Waals surface area contributed by atoms with E-state index in [0.29, 0.717) is 12.8 Å². The summed E-state index contributed by atoms with van der Waals surface area (Å²) in [5.41, 5.74) is -1.01. The van der Waals surface area contributed by atoms with Gasteiger partial charge in [0.1, 0.15) is 6.61 Å². The zero-order chi connectivity index (χ0) is 22.4. The smallest absolute Gasteiger partial charge is 0.311 e. The van der Waals surface area contributed by atoms with Crippen molar-refractivity contribution in [2.45, 2.75) is 101 Å². The highest BCUT2D eigenvalue weighted by molar-refractivity contribution is 5.77. The molecule has 1 atom stereocenters. The van der Waals surface area contributed by atoms with Crippen molar-refractivity contribution in [1.82, 2.24) is 0 Å². The van der Waals surface area contributed by atoms with Gasteiger partial charge in [-0.2, -0.15) is 0 Å². The Labute approximate surface area is 172 Å². The van der Waals surface area contributed by atoms with E-state index in [1.165, 1.54) is 0 Å². The van der Waals surface area contributed by atoms with Crippen LogP contribution in [0.5, 0.6) is 0 Å². The molecule has 0 aromatic rings. The molecule has 0 amide bonds. The largest absolute Gasteiger partial charge is 0.461 e. The highest BCUT2D eigenvalue weighted by atomic mass is 16.6. The third-order valence-corrected chi connectivity index (χ3v) is 4.98. The van der Waals surface area contributed by atoms with E-state index in [2.05, 4.69) is 41.5 Å². The highest BCUT2D eigenvalue weighted by Gasteiger charge is 2.34. The number of aliphatic hydroxyl groups excluding tert-OH is 1. The molecule has 0 saturated carbocycles. The van der Waals surface area contributed by atoms with Crippen LogP contribution in [0, 0.1) is 21.7 Å². The molecule has 0 rings (SSSR count). The maximum Gasteiger partial charge on any atom is 0.311 e. The Balaban J connectivity index is 4.69. The van der Waals surface area contributed by atoms with Crippen molar-refractivity contribution in [2.75, 3.05) is 13.2 Å². The SMILES string of the molecule is CC(C)(C)CCC(C)(C)C(=O)OCC(CO)OC(=O)C(C)(C)CCC(C)(C)C. The van der Waals surface area contributed by atoms with Crippen molar-refractivity contribution < 1.29 is 24.2 Å². The summed E-state index contributed by atoms with van der Waals surface area (Å²) in [5, 5.41) is 9.56. The van der Waals surface area contributed by atoms with Crippen molar-refractivity contribution in [3.05, 3.63) is 0 Å². The predicted octanol–water partition coefficient (Wildman–Crippen LogP) is 5.14. The van der Waals surface area contributed by atoms with E-state index in [1.807, 2.05) is 27.7 Å². The van der Waals surface area contributed by atoms with Crippen LogP contribution in [0.3, 0.4) is 0 Å². The lowest BCUT2D eigenvalue weighted by atomic mass is 9.80. The van der Waals surface area contributed by atoms with Crippen molar-refractivity contribution in [2.24, 2.45) is 21.7 Å². The molecular formula is C23H44O5. The molecule has 0 radical (unpaired) electrons. The van der Waals surface area contributed by atoms with E-state index in [9.17, 15) is 14.7 Å². The summed E-state index contributed by atoms with van der Waals surface area (Å²) in [5.74, 6) is -0.711. The van der Waals surface area contributed by atoms with Crippen LogP contribution in [0.1, 0.15) is 94.9 Å². The molecule has 0 aliphatic rings. The topological polar surface area (TPSA) is 72.8 Å². The van der Waals surface area contributed by atoms with Gasteiger partial charge in [-0.05, 0) is 64.2 Å². The molecule has 0 aliphatic heterocycles. The summed E-state index contributed by atoms with van der Waals surface area (Å²) in [7, 11) is 0. The van der Waals surface area contributed by atoms with Gasteiger partial charge in [-0.3, -0.25) is 9.59 Å². The lowest BCUT2D eigenvalue weighted by Crippen LogP contribution is -2.37. The van der Waals surface area contributed by atoms with Crippen LogP contribution in [0.2, 0.25) is 0 Å². The van der Waals surface area contributed by atoms with Crippen LogP contribution in [-0.2, 0) is 19.1 Å². The quantitative estimate of drug-likeness (QED) is 0.514. The average molecular weight is 401 g/mol. The standard InChI is InChI=1S/C23H44O5/c1-20(2,3)11-13-22(7,8)18(25)27-16-17(15-24)28-19(26)23(9,10)14-12-21(4,5)6/h17,24H,11-16H2,1-10H3. The van der Waals surface area contributed by atoms with Crippen LogP contribution in [0.4, 0.5) is 0 Å². The van der Waals surface area contributed by atoms with Gasteiger partial charge in [0.2, 0.25) is 0 Å². The van der Waals surface area contributed by atoms with Crippen molar-refractivity contribution in [1.29, 1.82) is 0 Å². The number of carbonyl (C=O) groups is 2. The van der Waals surface area contributed by atoms with Gasteiger partial charge in [-0.15, -0.1) is 0 Å². The fraction of sp³-hybridized carbons (Fsp3) is 0.913. The number of hydrogen-bond acceptors (Lipinski definition) is 5. The normalized spacial score (nSPS) is 14.5. The number of esters is 2. The van der Waals surface area contributed by atoms with Gasteiger partial charge in [0.05, 0.1) is 17.4 Å². The first kappa shape index (κ1) is 26.9. The molecule has 0 saturated heterocycles. The molecule has 1 N–H and O–H groups in total. The summed E-state index contributed by atoms with van der Waals surface area (Å²) < 4.78 is 10.8. The Hall–Kier alpha value is -1.10. The van der Waals surface area contributed by atoms with Gasteiger partial charge in [0.25, 0.3) is 0 Å². The van der Waals surface area contributed by atoms with Crippen LogP contribution in [0.25, 0.3) is 0 Å². The minimum atomic E-state index is -0.844. The fourth-order valence-electron chi connectivity index (χ4n) is 2.38. The summed E-state index contributed by atoms with van der Waals surface area (Å²) in [4.78, 5) is 25.0. The molecule has 0 heterocycles. The highest BCUT2D eigenvalue weighted by Crippen LogP contribution is 2.33. The lowest BCUT2D eigenvalue weighted by Gasteiger charge is -2.30. The van der Waals surface area contributed by atoms with Gasteiger partial charge < -0.3 is 14.6 Å². The van der Waals surface area contributed by atoms with E-state index < -0.39 is 16.9 Å². The summed E-state index contributed by atoms with van der Waals surface area (Å²) in [6.07, 6.45) is 2.33. The number of carbonyl (C=O) groups excluding carboxylic acids is 2. The molecule has 1 unspecified atom stereocenters. The molecule has 0 aromatic carbocycles. The first-order chi connectivity index (χ1) is 12.4. The predicted molar refractivity (Wildman–Crippen MR) is 113 cm³/mol. The van der Waals surface area contributed by atoms with E-state index in [0.717, 1.165) is 12.8 Å². The van der Waals surface area contributed by atoms with Crippen LogP contribution < -0.4 is 0 Å². The van der Waals surface area contributed by atoms with Gasteiger partial charge >= 0.3 is 11.9 Å². The summed E-state index contributed by atoms with van der Waals surface area (Å²) in [6, 6.07) is 0. The summed E-state index contributed by atoms with van der Waals surface area (Å²) in [6.45, 7) is 19.7. The molecular weight excluding hydrogens is 356 g/mol. The second-order valence-corrected chi connectivity index (χ2v) is 11.7. The Morgan fingerprint density at radius 2 is 1.11 bits per heavy atom. The minimum absolute atomic E-state index is 0.127. The lowest BCUT2D eigenvalue weighted by molar-refractivity contribution is -0.173. The minimum Gasteiger partial charge on any atom is -0.461 e. The molecule has 28 heavy (non-hydrogen) atoms. The Kier molecular flexibility index (Phi) is 9.69. The van der Waals surface area contributed by atoms with E-state index in [4.69, 9.17) is 9.47 Å². The Morgan fingerprint density at radius 1 is 0.714 bits per heavy atom. The maximum absolute atomic E-state index is 12.5. The maximum atomic E-state index is 12.5. The Morgan fingerprint density at radius 3 is 1.46 bits per heavy atom. The third-order valence-electron chi connectivity index (χ3n) is 4.98. The van der Waals surface area contributed by atoms with E-state index in [1.54, 1.807) is 0 Å². The van der Waals surface area contributed by atoms with Gasteiger partial charge in [0.15, 0.2) is 6.10 Å². The van der Waals surface area contributed by atoms with Gasteiger partial charge in [-0.25, -0.2) is 0 Å². The van der Waals surface area contributed by atoms with Crippen molar-refractivity contribution in [3.8, 4) is 0 Å². The second kappa shape index (κ2) is 10.1. The second-order valence-electron chi connectivity index (χ2n) is 11.7. The van der Waals surface area contributed by atoms with Gasteiger partial charge in [0, 0.05) is 0 Å². The molecule has 0 aliphatic carbocycles. The van der Waals surface area contributed by atoms with Crippen LogP contribution in [0.15, 0.2) is 0 Å².